The molecule has 2 amide bonds. The van der Waals surface area contributed by atoms with Crippen LogP contribution in [0, 0.1) is 0 Å². The van der Waals surface area contributed by atoms with Crippen molar-refractivity contribution in [3.63, 3.8) is 0 Å². The Balaban J connectivity index is 1.65. The van der Waals surface area contributed by atoms with Crippen LogP contribution in [0.2, 0.25) is 0 Å². The molecule has 2 N–H and O–H groups in total. The molecule has 1 aromatic rings. The van der Waals surface area contributed by atoms with Gasteiger partial charge in [0.15, 0.2) is 0 Å². The average Bonchev–Trinajstić information content (AvgIpc) is 2.74. The van der Waals surface area contributed by atoms with Crippen LogP contribution in [0.5, 0.6) is 0 Å². The first-order valence-corrected chi connectivity index (χ1v) is 7.85. The number of rotatable bonds is 1. The Kier molecular flexibility index (Phi) is 3.22. The molecule has 5 nitrogen and oxygen atoms in total. The van der Waals surface area contributed by atoms with Gasteiger partial charge >= 0.3 is 0 Å². The van der Waals surface area contributed by atoms with E-state index in [1.165, 1.54) is 21.6 Å². The minimum absolute atomic E-state index is 0.160. The molecule has 3 aliphatic heterocycles. The Hall–Kier alpha value is -2.14. The lowest BCUT2D eigenvalue weighted by molar-refractivity contribution is -0.136. The van der Waals surface area contributed by atoms with Crippen LogP contribution >= 0.6 is 0 Å². The Morgan fingerprint density at radius 2 is 1.95 bits per heavy atom. The fourth-order valence-electron chi connectivity index (χ4n) is 3.52. The molecule has 1 fully saturated rings. The SMILES string of the molecule is O=C1CCC(N2C=c3cc4c(cc3C2)=CCNCC4)C(=O)N1. The van der Waals surface area contributed by atoms with Crippen molar-refractivity contribution in [2.75, 3.05) is 13.1 Å². The second-order valence-electron chi connectivity index (χ2n) is 6.18. The Bertz CT molecular complexity index is 769. The topological polar surface area (TPSA) is 61.4 Å². The number of nitrogens with zero attached hydrogens (tertiary/aromatic N) is 1. The molecule has 22 heavy (non-hydrogen) atoms. The summed E-state index contributed by atoms with van der Waals surface area (Å²) in [7, 11) is 0. The third kappa shape index (κ3) is 2.31. The van der Waals surface area contributed by atoms with Crippen molar-refractivity contribution in [1.29, 1.82) is 0 Å². The molecule has 5 heteroatoms. The van der Waals surface area contributed by atoms with Gasteiger partial charge in [-0.05, 0) is 53.1 Å². The smallest absolute Gasteiger partial charge is 0.249 e. The normalized spacial score (nSPS) is 23.8. The highest BCUT2D eigenvalue weighted by atomic mass is 16.2. The Morgan fingerprint density at radius 1 is 1.09 bits per heavy atom. The van der Waals surface area contributed by atoms with Gasteiger partial charge in [-0.3, -0.25) is 14.9 Å². The van der Waals surface area contributed by atoms with Gasteiger partial charge in [0.1, 0.15) is 6.04 Å². The second kappa shape index (κ2) is 5.25. The van der Waals surface area contributed by atoms with Crippen LogP contribution in [0.3, 0.4) is 0 Å². The van der Waals surface area contributed by atoms with Crippen molar-refractivity contribution in [1.82, 2.24) is 15.5 Å². The zero-order valence-electron chi connectivity index (χ0n) is 12.4. The summed E-state index contributed by atoms with van der Waals surface area (Å²) in [6.45, 7) is 2.65. The van der Waals surface area contributed by atoms with E-state index in [-0.39, 0.29) is 17.9 Å². The molecule has 0 aliphatic carbocycles. The van der Waals surface area contributed by atoms with E-state index < -0.39 is 0 Å². The zero-order valence-corrected chi connectivity index (χ0v) is 12.4. The monoisotopic (exact) mass is 297 g/mol. The number of fused-ring (bicyclic) bond motifs is 2. The van der Waals surface area contributed by atoms with Gasteiger partial charge in [-0.15, -0.1) is 0 Å². The molecule has 1 aromatic carbocycles. The summed E-state index contributed by atoms with van der Waals surface area (Å²) < 4.78 is 0. The summed E-state index contributed by atoms with van der Waals surface area (Å²) in [5, 5.41) is 8.34. The molecule has 0 radical (unpaired) electrons. The quantitative estimate of drug-likeness (QED) is 0.651. The first-order chi connectivity index (χ1) is 10.7. The summed E-state index contributed by atoms with van der Waals surface area (Å²) >= 11 is 0. The average molecular weight is 297 g/mol. The molecular formula is C17H19N3O2. The second-order valence-corrected chi connectivity index (χ2v) is 6.18. The van der Waals surface area contributed by atoms with Crippen molar-refractivity contribution in [2.45, 2.75) is 31.8 Å². The van der Waals surface area contributed by atoms with E-state index >= 15 is 0 Å². The van der Waals surface area contributed by atoms with Gasteiger partial charge in [-0.1, -0.05) is 6.08 Å². The van der Waals surface area contributed by atoms with E-state index in [1.807, 2.05) is 0 Å². The van der Waals surface area contributed by atoms with E-state index in [9.17, 15) is 9.59 Å². The lowest BCUT2D eigenvalue weighted by Crippen LogP contribution is -2.49. The highest BCUT2D eigenvalue weighted by molar-refractivity contribution is 6.00. The molecule has 3 aliphatic rings. The van der Waals surface area contributed by atoms with E-state index in [0.717, 1.165) is 26.1 Å². The lowest BCUT2D eigenvalue weighted by atomic mass is 10.0. The van der Waals surface area contributed by atoms with Crippen molar-refractivity contribution in [3.05, 3.63) is 33.7 Å². The highest BCUT2D eigenvalue weighted by Crippen LogP contribution is 2.18. The maximum absolute atomic E-state index is 12.0. The zero-order chi connectivity index (χ0) is 15.1. The van der Waals surface area contributed by atoms with Gasteiger partial charge in [0.2, 0.25) is 11.8 Å². The van der Waals surface area contributed by atoms with Crippen molar-refractivity contribution in [3.8, 4) is 0 Å². The number of benzene rings is 1. The number of amides is 2. The van der Waals surface area contributed by atoms with Gasteiger partial charge in [-0.25, -0.2) is 0 Å². The molecular weight excluding hydrogens is 278 g/mol. The number of nitrogens with one attached hydrogen (secondary N) is 2. The predicted molar refractivity (Wildman–Crippen MR) is 82.9 cm³/mol. The molecule has 1 atom stereocenters. The number of hydrogen-bond acceptors (Lipinski definition) is 4. The Labute approximate surface area is 128 Å². The summed E-state index contributed by atoms with van der Waals surface area (Å²) in [6.07, 6.45) is 6.37. The van der Waals surface area contributed by atoms with Gasteiger partial charge in [-0.2, -0.15) is 0 Å². The van der Waals surface area contributed by atoms with Crippen LogP contribution in [0.25, 0.3) is 12.3 Å². The van der Waals surface area contributed by atoms with Crippen molar-refractivity contribution in [2.24, 2.45) is 0 Å². The molecule has 0 spiro atoms. The van der Waals surface area contributed by atoms with Gasteiger partial charge < -0.3 is 10.2 Å². The van der Waals surface area contributed by atoms with Crippen LogP contribution < -0.4 is 21.1 Å². The fraction of sp³-hybridized carbons (Fsp3) is 0.412. The van der Waals surface area contributed by atoms with Gasteiger partial charge in [0.05, 0.1) is 0 Å². The molecule has 4 rings (SSSR count). The molecule has 1 unspecified atom stereocenters. The maximum atomic E-state index is 12.0. The molecule has 3 heterocycles. The summed E-state index contributed by atoms with van der Waals surface area (Å²) in [4.78, 5) is 25.4. The van der Waals surface area contributed by atoms with Gasteiger partial charge in [0, 0.05) is 25.7 Å². The summed E-state index contributed by atoms with van der Waals surface area (Å²) in [6, 6.07) is 4.27. The number of piperidine rings is 1. The number of hydrogen-bond donors (Lipinski definition) is 2. The van der Waals surface area contributed by atoms with Crippen LogP contribution in [0.15, 0.2) is 12.1 Å². The maximum Gasteiger partial charge on any atom is 0.249 e. The minimum atomic E-state index is -0.226. The highest BCUT2D eigenvalue weighted by Gasteiger charge is 2.32. The molecule has 0 bridgehead atoms. The summed E-state index contributed by atoms with van der Waals surface area (Å²) in [5.41, 5.74) is 2.63. The van der Waals surface area contributed by atoms with Gasteiger partial charge in [0.25, 0.3) is 0 Å². The van der Waals surface area contributed by atoms with E-state index in [4.69, 9.17) is 0 Å². The van der Waals surface area contributed by atoms with Crippen LogP contribution in [0.4, 0.5) is 0 Å². The summed E-state index contributed by atoms with van der Waals surface area (Å²) in [5.74, 6) is -0.329. The fourth-order valence-corrected chi connectivity index (χ4v) is 3.52. The molecule has 114 valence electrons. The number of carbonyl (C=O) groups is 2. The lowest BCUT2D eigenvalue weighted by Gasteiger charge is -2.29. The Morgan fingerprint density at radius 3 is 2.82 bits per heavy atom. The third-order valence-electron chi connectivity index (χ3n) is 4.71. The largest absolute Gasteiger partial charge is 0.361 e. The van der Waals surface area contributed by atoms with E-state index in [2.05, 4.69) is 39.9 Å². The van der Waals surface area contributed by atoms with Crippen molar-refractivity contribution >= 4 is 24.1 Å². The van der Waals surface area contributed by atoms with Crippen LogP contribution in [0.1, 0.15) is 24.0 Å². The molecule has 0 aromatic heterocycles. The first-order valence-electron chi connectivity index (χ1n) is 7.85. The van der Waals surface area contributed by atoms with E-state index in [0.29, 0.717) is 12.8 Å². The van der Waals surface area contributed by atoms with Crippen LogP contribution in [-0.4, -0.2) is 35.8 Å². The number of carbonyl (C=O) groups excluding carboxylic acids is 2. The standard InChI is InChI=1S/C17H19N3O2/c21-16-2-1-15(17(22)19-16)20-9-13-7-11-3-5-18-6-4-12(11)8-14(13)10-20/h3,7-8,10,15,18H,1-2,4-6,9H2,(H,19,21,22). The van der Waals surface area contributed by atoms with Crippen molar-refractivity contribution < 1.29 is 9.59 Å². The molecule has 1 saturated heterocycles. The third-order valence-corrected chi connectivity index (χ3v) is 4.71. The predicted octanol–water partition coefficient (Wildman–Crippen LogP) is -1.03. The van der Waals surface area contributed by atoms with E-state index in [1.54, 1.807) is 0 Å². The van der Waals surface area contributed by atoms with Crippen LogP contribution in [-0.2, 0) is 22.6 Å². The first kappa shape index (κ1) is 13.5. The molecule has 0 saturated carbocycles. The minimum Gasteiger partial charge on any atom is -0.361 e. The number of imide groups is 1.